The number of nitrogens with zero attached hydrogens (tertiary/aromatic N) is 3. The number of rotatable bonds is 7. The van der Waals surface area contributed by atoms with Gasteiger partial charge in [0.15, 0.2) is 11.6 Å². The van der Waals surface area contributed by atoms with Crippen LogP contribution in [0.25, 0.3) is 22.2 Å². The Bertz CT molecular complexity index is 1720. The van der Waals surface area contributed by atoms with Crippen molar-refractivity contribution in [3.8, 4) is 17.0 Å². The number of benzene rings is 2. The molecule has 0 fully saturated rings. The fourth-order valence-corrected chi connectivity index (χ4v) is 4.41. The van der Waals surface area contributed by atoms with Gasteiger partial charge in [0, 0.05) is 22.1 Å². The fourth-order valence-electron chi connectivity index (χ4n) is 4.41. The van der Waals surface area contributed by atoms with Crippen molar-refractivity contribution in [2.24, 2.45) is 0 Å². The Morgan fingerprint density at radius 3 is 2.14 bits per heavy atom. The van der Waals surface area contributed by atoms with Crippen molar-refractivity contribution in [3.05, 3.63) is 82.4 Å². The molecule has 44 heavy (non-hydrogen) atoms. The number of hydrogen-bond donors (Lipinski definition) is 3. The van der Waals surface area contributed by atoms with Crippen LogP contribution in [0, 0.1) is 12.7 Å². The summed E-state index contributed by atoms with van der Waals surface area (Å²) < 4.78 is 103. The first-order chi connectivity index (χ1) is 20.3. The molecule has 0 aliphatic carbocycles. The van der Waals surface area contributed by atoms with Crippen LogP contribution in [0.2, 0.25) is 0 Å². The summed E-state index contributed by atoms with van der Waals surface area (Å²) in [5.74, 6) is -2.08. The van der Waals surface area contributed by atoms with Gasteiger partial charge < -0.3 is 20.3 Å². The fraction of sp³-hybridized carbons (Fsp3) is 0.310. The lowest BCUT2D eigenvalue weighted by molar-refractivity contribution is -0.265. The minimum atomic E-state index is -5.52. The van der Waals surface area contributed by atoms with Gasteiger partial charge in [0.25, 0.3) is 5.91 Å². The molecule has 15 heteroatoms. The van der Waals surface area contributed by atoms with Crippen molar-refractivity contribution >= 4 is 16.8 Å². The average molecular weight is 627 g/mol. The number of carbonyl (C=O) groups is 1. The molecule has 1 atom stereocenters. The second-order valence-corrected chi connectivity index (χ2v) is 10.4. The van der Waals surface area contributed by atoms with Crippen LogP contribution in [-0.4, -0.2) is 51.1 Å². The number of alkyl halides is 6. The SMILES string of the molecule is COc1c(C)nnc2ccc(C(=O)NCC(O)(c3cc(C(C)(C)O)c(F)c(-c4ccc(C(F)(F)F)cc4)n3)C(F)(F)F)cc12. The predicted octanol–water partition coefficient (Wildman–Crippen LogP) is 5.57. The van der Waals surface area contributed by atoms with E-state index in [2.05, 4.69) is 15.2 Å². The highest BCUT2D eigenvalue weighted by molar-refractivity contribution is 5.99. The van der Waals surface area contributed by atoms with E-state index in [0.29, 0.717) is 34.8 Å². The molecule has 0 bridgehead atoms. The minimum Gasteiger partial charge on any atom is -0.494 e. The van der Waals surface area contributed by atoms with Crippen LogP contribution in [0.3, 0.4) is 0 Å². The first-order valence-corrected chi connectivity index (χ1v) is 12.8. The Balaban J connectivity index is 1.78. The molecule has 2 aromatic carbocycles. The van der Waals surface area contributed by atoms with E-state index in [0.717, 1.165) is 26.0 Å². The number of ether oxygens (including phenoxy) is 1. The van der Waals surface area contributed by atoms with E-state index in [1.54, 1.807) is 6.92 Å². The molecule has 4 aromatic rings. The van der Waals surface area contributed by atoms with Gasteiger partial charge in [0.1, 0.15) is 11.4 Å². The zero-order chi connectivity index (χ0) is 32.8. The van der Waals surface area contributed by atoms with Crippen LogP contribution in [0.4, 0.5) is 30.7 Å². The summed E-state index contributed by atoms with van der Waals surface area (Å²) >= 11 is 0. The standard InChI is InChI=1S/C29H25F7N4O4/c1-14-24(44-4)18-11-16(7-10-20(18)40-39-14)25(41)37-13-27(43,29(34,35)36)21-12-19(26(2,3)42)22(30)23(38-21)15-5-8-17(9-6-15)28(31,32)33/h5-12,42-43H,13H2,1-4H3,(H,37,41). The second kappa shape index (κ2) is 11.3. The number of aryl methyl sites for hydroxylation is 1. The van der Waals surface area contributed by atoms with Crippen molar-refractivity contribution in [1.82, 2.24) is 20.5 Å². The maximum Gasteiger partial charge on any atom is 0.424 e. The summed E-state index contributed by atoms with van der Waals surface area (Å²) in [5.41, 5.74) is -9.74. The van der Waals surface area contributed by atoms with Crippen molar-refractivity contribution in [2.75, 3.05) is 13.7 Å². The van der Waals surface area contributed by atoms with E-state index in [1.807, 2.05) is 5.32 Å². The molecule has 0 aliphatic rings. The number of methoxy groups -OCH3 is 1. The van der Waals surface area contributed by atoms with Crippen LogP contribution in [0.15, 0.2) is 48.5 Å². The molecule has 0 saturated heterocycles. The molecule has 1 unspecified atom stereocenters. The van der Waals surface area contributed by atoms with E-state index >= 15 is 4.39 Å². The van der Waals surface area contributed by atoms with Gasteiger partial charge in [-0.1, -0.05) is 12.1 Å². The molecule has 0 spiro atoms. The lowest BCUT2D eigenvalue weighted by atomic mass is 9.90. The average Bonchev–Trinajstić information content (AvgIpc) is 2.93. The number of pyridine rings is 1. The third-order valence-corrected chi connectivity index (χ3v) is 6.84. The van der Waals surface area contributed by atoms with E-state index in [4.69, 9.17) is 4.74 Å². The zero-order valence-corrected chi connectivity index (χ0v) is 23.5. The maximum absolute atomic E-state index is 15.5. The zero-order valence-electron chi connectivity index (χ0n) is 23.5. The van der Waals surface area contributed by atoms with E-state index in [9.17, 15) is 41.4 Å². The number of carbonyl (C=O) groups excluding carboxylic acids is 1. The van der Waals surface area contributed by atoms with Crippen LogP contribution in [0.1, 0.15) is 46.7 Å². The van der Waals surface area contributed by atoms with Gasteiger partial charge in [-0.15, -0.1) is 5.10 Å². The van der Waals surface area contributed by atoms with Crippen molar-refractivity contribution < 1.29 is 50.5 Å². The van der Waals surface area contributed by atoms with Crippen molar-refractivity contribution in [1.29, 1.82) is 0 Å². The van der Waals surface area contributed by atoms with Crippen LogP contribution in [0.5, 0.6) is 5.75 Å². The van der Waals surface area contributed by atoms with Gasteiger partial charge in [0.2, 0.25) is 5.60 Å². The number of amides is 1. The molecule has 234 valence electrons. The highest BCUT2D eigenvalue weighted by Crippen LogP contribution is 2.41. The monoisotopic (exact) mass is 626 g/mol. The van der Waals surface area contributed by atoms with Gasteiger partial charge in [0.05, 0.1) is 36.0 Å². The molecule has 4 rings (SSSR count). The molecule has 3 N–H and O–H groups in total. The van der Waals surface area contributed by atoms with Gasteiger partial charge in [-0.3, -0.25) is 4.79 Å². The third kappa shape index (κ3) is 6.15. The Morgan fingerprint density at radius 2 is 1.59 bits per heavy atom. The summed E-state index contributed by atoms with van der Waals surface area (Å²) in [6, 6.07) is 7.19. The molecule has 2 heterocycles. The Kier molecular flexibility index (Phi) is 8.34. The largest absolute Gasteiger partial charge is 0.494 e. The van der Waals surface area contributed by atoms with Gasteiger partial charge in [-0.25, -0.2) is 9.37 Å². The molecule has 0 radical (unpaired) electrons. The number of fused-ring (bicyclic) bond motifs is 1. The molecule has 8 nitrogen and oxygen atoms in total. The Hall–Kier alpha value is -4.37. The topological polar surface area (TPSA) is 117 Å². The van der Waals surface area contributed by atoms with Crippen LogP contribution >= 0.6 is 0 Å². The molecule has 0 saturated carbocycles. The van der Waals surface area contributed by atoms with Crippen LogP contribution < -0.4 is 10.1 Å². The van der Waals surface area contributed by atoms with E-state index < -0.39 is 64.3 Å². The number of hydrogen-bond acceptors (Lipinski definition) is 7. The Morgan fingerprint density at radius 1 is 0.955 bits per heavy atom. The molecule has 2 aromatic heterocycles. The van der Waals surface area contributed by atoms with E-state index in [1.165, 1.54) is 25.3 Å². The van der Waals surface area contributed by atoms with Crippen molar-refractivity contribution in [3.63, 3.8) is 0 Å². The first-order valence-electron chi connectivity index (χ1n) is 12.8. The summed E-state index contributed by atoms with van der Waals surface area (Å²) in [7, 11) is 1.36. The number of aromatic nitrogens is 3. The number of aliphatic hydroxyl groups is 2. The first kappa shape index (κ1) is 32.5. The second-order valence-electron chi connectivity index (χ2n) is 10.4. The quantitative estimate of drug-likeness (QED) is 0.230. The van der Waals surface area contributed by atoms with Gasteiger partial charge in [-0.2, -0.15) is 31.4 Å². The lowest BCUT2D eigenvalue weighted by Gasteiger charge is -2.32. The summed E-state index contributed by atoms with van der Waals surface area (Å²) in [5, 5.41) is 31.8. The minimum absolute atomic E-state index is 0.123. The van der Waals surface area contributed by atoms with Gasteiger partial charge >= 0.3 is 12.4 Å². The maximum atomic E-state index is 15.5. The molecule has 0 aliphatic heterocycles. The van der Waals surface area contributed by atoms with E-state index in [-0.39, 0.29) is 16.9 Å². The number of halogens is 7. The number of nitrogens with one attached hydrogen (secondary N) is 1. The molecular formula is C29H25F7N4O4. The smallest absolute Gasteiger partial charge is 0.424 e. The molecule has 1 amide bonds. The summed E-state index contributed by atoms with van der Waals surface area (Å²) in [4.78, 5) is 16.6. The highest BCUT2D eigenvalue weighted by Gasteiger charge is 2.57. The summed E-state index contributed by atoms with van der Waals surface area (Å²) in [6.45, 7) is 2.20. The predicted molar refractivity (Wildman–Crippen MR) is 143 cm³/mol. The Labute approximate surface area is 245 Å². The van der Waals surface area contributed by atoms with Gasteiger partial charge in [-0.05, 0) is 57.2 Å². The van der Waals surface area contributed by atoms with Crippen LogP contribution in [-0.2, 0) is 17.4 Å². The lowest BCUT2D eigenvalue weighted by Crippen LogP contribution is -2.51. The normalized spacial score (nSPS) is 13.9. The third-order valence-electron chi connectivity index (χ3n) is 6.84. The molecular weight excluding hydrogens is 601 g/mol. The summed E-state index contributed by atoms with van der Waals surface area (Å²) in [6.07, 6.45) is -10.3. The highest BCUT2D eigenvalue weighted by atomic mass is 19.4. The van der Waals surface area contributed by atoms with Crippen molar-refractivity contribution in [2.45, 2.75) is 44.3 Å².